The number of hydrogen-bond acceptors (Lipinski definition) is 4. The molecule has 0 saturated carbocycles. The molecule has 0 bridgehead atoms. The molecule has 6 nitrogen and oxygen atoms in total. The third kappa shape index (κ3) is 3.67. The maximum atomic E-state index is 13.2. The number of fused-ring (bicyclic) bond motifs is 1. The molecule has 0 unspecified atom stereocenters. The normalized spacial score (nSPS) is 39.1. The van der Waals surface area contributed by atoms with Crippen molar-refractivity contribution in [3.8, 4) is 0 Å². The second-order valence-corrected chi connectivity index (χ2v) is 9.19. The maximum Gasteiger partial charge on any atom is 0.232 e. The molecule has 0 radical (unpaired) electrons. The summed E-state index contributed by atoms with van der Waals surface area (Å²) in [5, 5.41) is 11.9. The highest BCUT2D eigenvalue weighted by Gasteiger charge is 2.59. The van der Waals surface area contributed by atoms with Gasteiger partial charge in [0.2, 0.25) is 11.8 Å². The number of primary amides is 1. The molecule has 3 aliphatic rings. The zero-order valence-corrected chi connectivity index (χ0v) is 17.7. The van der Waals surface area contributed by atoms with E-state index < -0.39 is 23.3 Å². The third-order valence-electron chi connectivity index (χ3n) is 7.35. The van der Waals surface area contributed by atoms with E-state index >= 15 is 0 Å². The third-order valence-corrected chi connectivity index (χ3v) is 7.35. The van der Waals surface area contributed by atoms with Gasteiger partial charge in [0.1, 0.15) is 5.92 Å². The van der Waals surface area contributed by atoms with Gasteiger partial charge in [0.25, 0.3) is 0 Å². The predicted octanol–water partition coefficient (Wildman–Crippen LogP) is 2.12. The Morgan fingerprint density at radius 2 is 2.07 bits per heavy atom. The number of hydrogen-bond donors (Lipinski definition) is 3. The highest BCUT2D eigenvalue weighted by atomic mass is 16.3. The number of carbonyl (C=O) groups excluding carboxylic acids is 3. The maximum absolute atomic E-state index is 13.2. The number of Topliss-reactive ketones (excluding diaryl/α,β-unsaturated/α-hetero) is 1. The van der Waals surface area contributed by atoms with Gasteiger partial charge in [-0.1, -0.05) is 44.1 Å². The molecule has 0 aromatic heterocycles. The Hall–Kier alpha value is -1.95. The van der Waals surface area contributed by atoms with E-state index in [-0.39, 0.29) is 42.0 Å². The summed E-state index contributed by atoms with van der Waals surface area (Å²) in [5.74, 6) is -1.99. The van der Waals surface area contributed by atoms with E-state index in [1.807, 2.05) is 19.1 Å². The number of aliphatic hydroxyl groups excluding tert-OH is 1. The molecule has 0 aromatic rings. The summed E-state index contributed by atoms with van der Waals surface area (Å²) in [5.41, 5.74) is 6.36. The molecular formula is C23H34N2O4. The van der Waals surface area contributed by atoms with Crippen LogP contribution in [0.5, 0.6) is 0 Å². The van der Waals surface area contributed by atoms with Crippen molar-refractivity contribution in [2.24, 2.45) is 40.7 Å². The number of carbonyl (C=O) groups is 3. The zero-order chi connectivity index (χ0) is 21.3. The number of ketones is 1. The Kier molecular flexibility index (Phi) is 6.32. The van der Waals surface area contributed by atoms with Crippen molar-refractivity contribution >= 4 is 17.6 Å². The summed E-state index contributed by atoms with van der Waals surface area (Å²) < 4.78 is 0. The molecular weight excluding hydrogens is 368 g/mol. The second kappa shape index (κ2) is 8.42. The molecule has 2 aliphatic carbocycles. The summed E-state index contributed by atoms with van der Waals surface area (Å²) in [4.78, 5) is 38.8. The van der Waals surface area contributed by atoms with Gasteiger partial charge in [-0.2, -0.15) is 0 Å². The van der Waals surface area contributed by atoms with Gasteiger partial charge in [-0.25, -0.2) is 0 Å². The Balaban J connectivity index is 2.03. The molecule has 1 heterocycles. The van der Waals surface area contributed by atoms with Gasteiger partial charge in [-0.05, 0) is 50.4 Å². The fourth-order valence-electron chi connectivity index (χ4n) is 6.16. The highest BCUT2D eigenvalue weighted by molar-refractivity contribution is 6.11. The van der Waals surface area contributed by atoms with Crippen LogP contribution in [0.4, 0.5) is 0 Å². The van der Waals surface area contributed by atoms with Crippen molar-refractivity contribution in [3.05, 3.63) is 23.8 Å². The van der Waals surface area contributed by atoms with Crippen LogP contribution in [0, 0.1) is 35.0 Å². The van der Waals surface area contributed by atoms with Crippen molar-refractivity contribution in [2.75, 3.05) is 6.61 Å². The fraction of sp³-hybridized carbons (Fsp3) is 0.696. The van der Waals surface area contributed by atoms with Crippen LogP contribution in [-0.4, -0.2) is 35.4 Å². The number of aliphatic hydroxyl groups is 1. The lowest BCUT2D eigenvalue weighted by atomic mass is 9.51. The van der Waals surface area contributed by atoms with Crippen molar-refractivity contribution in [1.29, 1.82) is 0 Å². The first kappa shape index (κ1) is 21.8. The Bertz CT molecular complexity index is 743. The van der Waals surface area contributed by atoms with Gasteiger partial charge in [0, 0.05) is 17.9 Å². The van der Waals surface area contributed by atoms with Crippen LogP contribution >= 0.6 is 0 Å². The van der Waals surface area contributed by atoms with Crippen LogP contribution < -0.4 is 11.1 Å². The molecule has 4 N–H and O–H groups in total. The summed E-state index contributed by atoms with van der Waals surface area (Å²) in [6, 6.07) is -0.565. The highest BCUT2D eigenvalue weighted by Crippen LogP contribution is 2.56. The quantitative estimate of drug-likeness (QED) is 0.447. The monoisotopic (exact) mass is 402 g/mol. The van der Waals surface area contributed by atoms with E-state index in [1.54, 1.807) is 0 Å². The SMILES string of the molecule is CCC[C@H]1C(C)=C[C@H]2CC=C[C@@](C)([C@@H]3C(=O)N[C@H](CCCO)C3=O)[C@H]2[C@@H]1C(N)=O. The van der Waals surface area contributed by atoms with Gasteiger partial charge in [-0.3, -0.25) is 14.4 Å². The first-order valence-corrected chi connectivity index (χ1v) is 10.9. The van der Waals surface area contributed by atoms with Gasteiger partial charge in [0.05, 0.1) is 6.04 Å². The van der Waals surface area contributed by atoms with Crippen LogP contribution in [0.3, 0.4) is 0 Å². The minimum Gasteiger partial charge on any atom is -0.396 e. The smallest absolute Gasteiger partial charge is 0.232 e. The summed E-state index contributed by atoms with van der Waals surface area (Å²) >= 11 is 0. The zero-order valence-electron chi connectivity index (χ0n) is 17.7. The Morgan fingerprint density at radius 3 is 2.69 bits per heavy atom. The van der Waals surface area contributed by atoms with Gasteiger partial charge < -0.3 is 16.2 Å². The van der Waals surface area contributed by atoms with E-state index in [2.05, 4.69) is 25.2 Å². The molecule has 1 saturated heterocycles. The number of allylic oxidation sites excluding steroid dienone is 4. The topological polar surface area (TPSA) is 109 Å². The molecule has 0 spiro atoms. The largest absolute Gasteiger partial charge is 0.396 e. The molecule has 0 aromatic carbocycles. The van der Waals surface area contributed by atoms with Crippen molar-refractivity contribution in [3.63, 3.8) is 0 Å². The van der Waals surface area contributed by atoms with Gasteiger partial charge in [0.15, 0.2) is 5.78 Å². The lowest BCUT2D eigenvalue weighted by molar-refractivity contribution is -0.140. The fourth-order valence-corrected chi connectivity index (χ4v) is 6.16. The summed E-state index contributed by atoms with van der Waals surface area (Å²) in [6.07, 6.45) is 9.76. The van der Waals surface area contributed by atoms with Crippen LogP contribution in [0.15, 0.2) is 23.8 Å². The van der Waals surface area contributed by atoms with Crippen LogP contribution in [-0.2, 0) is 14.4 Å². The lowest BCUT2D eigenvalue weighted by Gasteiger charge is -2.51. The molecule has 29 heavy (non-hydrogen) atoms. The van der Waals surface area contributed by atoms with E-state index in [4.69, 9.17) is 10.8 Å². The van der Waals surface area contributed by atoms with E-state index in [0.717, 1.165) is 19.3 Å². The van der Waals surface area contributed by atoms with E-state index in [1.165, 1.54) is 5.57 Å². The predicted molar refractivity (Wildman–Crippen MR) is 110 cm³/mol. The number of nitrogens with two attached hydrogens (primary N) is 1. The van der Waals surface area contributed by atoms with Crippen molar-refractivity contribution in [1.82, 2.24) is 5.32 Å². The van der Waals surface area contributed by atoms with Crippen LogP contribution in [0.2, 0.25) is 0 Å². The first-order valence-electron chi connectivity index (χ1n) is 10.9. The number of nitrogens with one attached hydrogen (secondary N) is 1. The van der Waals surface area contributed by atoms with Crippen molar-refractivity contribution < 1.29 is 19.5 Å². The number of amides is 2. The van der Waals surface area contributed by atoms with Crippen LogP contribution in [0.25, 0.3) is 0 Å². The first-order chi connectivity index (χ1) is 13.8. The average molecular weight is 403 g/mol. The summed E-state index contributed by atoms with van der Waals surface area (Å²) in [6.45, 7) is 6.10. The minimum atomic E-state index is -0.828. The molecule has 6 heteroatoms. The number of rotatable bonds is 7. The Morgan fingerprint density at radius 1 is 1.34 bits per heavy atom. The van der Waals surface area contributed by atoms with Gasteiger partial charge >= 0.3 is 0 Å². The molecule has 160 valence electrons. The minimum absolute atomic E-state index is 0.0152. The second-order valence-electron chi connectivity index (χ2n) is 9.19. The molecule has 1 fully saturated rings. The summed E-state index contributed by atoms with van der Waals surface area (Å²) in [7, 11) is 0. The average Bonchev–Trinajstić information content (AvgIpc) is 2.95. The van der Waals surface area contributed by atoms with Crippen molar-refractivity contribution in [2.45, 2.75) is 58.9 Å². The van der Waals surface area contributed by atoms with E-state index in [9.17, 15) is 14.4 Å². The Labute approximate surface area is 173 Å². The van der Waals surface area contributed by atoms with E-state index in [0.29, 0.717) is 12.8 Å². The lowest BCUT2D eigenvalue weighted by Crippen LogP contribution is -2.54. The van der Waals surface area contributed by atoms with Crippen LogP contribution in [0.1, 0.15) is 52.9 Å². The molecule has 3 rings (SSSR count). The van der Waals surface area contributed by atoms with Gasteiger partial charge in [-0.15, -0.1) is 0 Å². The standard InChI is InChI=1S/C23H34N2O4/c1-4-7-15-13(2)12-14-8-5-10-23(3,18(14)17(15)21(24)28)19-20(27)16(9-6-11-26)25-22(19)29/h5,10,12,14-19,26H,4,6-9,11H2,1-3H3,(H2,24,28)(H,25,29)/t14-,15+,16-,17-,18-,19+,23-/m1/s1. The molecule has 7 atom stereocenters. The molecule has 1 aliphatic heterocycles. The molecule has 2 amide bonds.